The van der Waals surface area contributed by atoms with Crippen molar-refractivity contribution >= 4 is 35.0 Å². The van der Waals surface area contributed by atoms with Gasteiger partial charge in [0.05, 0.1) is 0 Å². The number of hydrogen-bond acceptors (Lipinski definition) is 2. The molecular formula is C29H30Cl2F4N2O2. The van der Waals surface area contributed by atoms with Gasteiger partial charge in [-0.25, -0.2) is 17.6 Å². The summed E-state index contributed by atoms with van der Waals surface area (Å²) in [6.45, 7) is 0.605. The quantitative estimate of drug-likeness (QED) is 0.341. The lowest BCUT2D eigenvalue weighted by molar-refractivity contribution is -0.135. The van der Waals surface area contributed by atoms with Crippen molar-refractivity contribution < 1.29 is 27.2 Å². The van der Waals surface area contributed by atoms with Crippen molar-refractivity contribution in [2.45, 2.75) is 69.3 Å². The van der Waals surface area contributed by atoms with E-state index in [-0.39, 0.29) is 62.5 Å². The number of likely N-dealkylation sites (tertiary alicyclic amines) is 2. The minimum atomic E-state index is -2.72. The zero-order valence-electron chi connectivity index (χ0n) is 21.4. The number of benzene rings is 2. The topological polar surface area (TPSA) is 40.6 Å². The zero-order chi connectivity index (χ0) is 27.9. The lowest BCUT2D eigenvalue weighted by atomic mass is 9.91. The van der Waals surface area contributed by atoms with Gasteiger partial charge in [-0.3, -0.25) is 9.59 Å². The summed E-state index contributed by atoms with van der Waals surface area (Å²) in [6, 6.07) is 10.2. The SMILES string of the molecule is O=C(c1ccc(-c2cc(Cl)c(C[C@@H]3CCN(C4CCC(F)(F)CC4)C3=O)c(Cl)c2)cc1)N1CCC(F)(F)CC1. The fourth-order valence-corrected chi connectivity index (χ4v) is 6.53. The highest BCUT2D eigenvalue weighted by molar-refractivity contribution is 6.36. The van der Waals surface area contributed by atoms with Gasteiger partial charge in [-0.15, -0.1) is 0 Å². The molecule has 1 atom stereocenters. The number of hydrogen-bond donors (Lipinski definition) is 0. The van der Waals surface area contributed by atoms with Crippen molar-refractivity contribution in [2.75, 3.05) is 19.6 Å². The highest BCUT2D eigenvalue weighted by Crippen LogP contribution is 2.39. The van der Waals surface area contributed by atoms with Crippen molar-refractivity contribution in [3.63, 3.8) is 0 Å². The van der Waals surface area contributed by atoms with Crippen LogP contribution in [0.25, 0.3) is 11.1 Å². The fraction of sp³-hybridized carbons (Fsp3) is 0.517. The van der Waals surface area contributed by atoms with Crippen LogP contribution in [0, 0.1) is 5.92 Å². The average molecular weight is 585 g/mol. The summed E-state index contributed by atoms with van der Waals surface area (Å²) in [5.41, 5.74) is 2.62. The van der Waals surface area contributed by atoms with Crippen molar-refractivity contribution in [1.29, 1.82) is 0 Å². The van der Waals surface area contributed by atoms with Gasteiger partial charge in [0.25, 0.3) is 11.8 Å². The van der Waals surface area contributed by atoms with E-state index < -0.39 is 11.8 Å². The molecule has 10 heteroatoms. The Hall–Kier alpha value is -2.32. The van der Waals surface area contributed by atoms with Crippen LogP contribution >= 0.6 is 23.2 Å². The maximum absolute atomic E-state index is 13.6. The summed E-state index contributed by atoms with van der Waals surface area (Å²) in [6.07, 6.45) is 0.617. The van der Waals surface area contributed by atoms with Gasteiger partial charge in [-0.05, 0) is 66.6 Å². The molecule has 2 saturated heterocycles. The van der Waals surface area contributed by atoms with E-state index in [0.29, 0.717) is 53.4 Å². The van der Waals surface area contributed by atoms with Gasteiger partial charge in [-0.1, -0.05) is 35.3 Å². The maximum Gasteiger partial charge on any atom is 0.253 e. The molecule has 5 rings (SSSR count). The standard InChI is InChI=1S/C29H30Cl2F4N2O2/c30-24-16-21(18-1-3-19(4-2-18)26(38)36-13-10-29(34,35)11-14-36)17-25(31)23(24)15-20-7-12-37(27(20)39)22-5-8-28(32,33)9-6-22/h1-4,16-17,20,22H,5-15H2/t20-/m0/s1. The average Bonchev–Trinajstić information content (AvgIpc) is 3.25. The molecule has 1 aliphatic carbocycles. The molecule has 210 valence electrons. The Labute approximate surface area is 235 Å². The Morgan fingerprint density at radius 2 is 1.38 bits per heavy atom. The minimum Gasteiger partial charge on any atom is -0.339 e. The van der Waals surface area contributed by atoms with Crippen LogP contribution in [0.1, 0.15) is 60.9 Å². The molecule has 0 radical (unpaired) electrons. The van der Waals surface area contributed by atoms with Gasteiger partial charge in [0.15, 0.2) is 0 Å². The molecule has 2 aliphatic heterocycles. The van der Waals surface area contributed by atoms with Crippen molar-refractivity contribution in [3.8, 4) is 11.1 Å². The van der Waals surface area contributed by atoms with Gasteiger partial charge in [-0.2, -0.15) is 0 Å². The van der Waals surface area contributed by atoms with E-state index in [1.165, 1.54) is 4.90 Å². The molecular weight excluding hydrogens is 555 g/mol. The number of carbonyl (C=O) groups excluding carboxylic acids is 2. The first kappa shape index (κ1) is 28.2. The summed E-state index contributed by atoms with van der Waals surface area (Å²) in [4.78, 5) is 29.0. The molecule has 0 N–H and O–H groups in total. The molecule has 0 bridgehead atoms. The zero-order valence-corrected chi connectivity index (χ0v) is 22.9. The number of piperidine rings is 1. The summed E-state index contributed by atoms with van der Waals surface area (Å²) >= 11 is 13.2. The van der Waals surface area contributed by atoms with E-state index in [9.17, 15) is 27.2 Å². The highest BCUT2D eigenvalue weighted by atomic mass is 35.5. The Balaban J connectivity index is 1.23. The van der Waals surface area contributed by atoms with Crippen LogP contribution in [-0.4, -0.2) is 59.1 Å². The third-order valence-electron chi connectivity index (χ3n) is 8.32. The van der Waals surface area contributed by atoms with E-state index in [1.54, 1.807) is 41.3 Å². The lowest BCUT2D eigenvalue weighted by Gasteiger charge is -2.34. The van der Waals surface area contributed by atoms with Crippen LogP contribution in [-0.2, 0) is 11.2 Å². The smallest absolute Gasteiger partial charge is 0.253 e. The molecule has 2 amide bonds. The van der Waals surface area contributed by atoms with E-state index >= 15 is 0 Å². The Kier molecular flexibility index (Phi) is 7.90. The van der Waals surface area contributed by atoms with E-state index in [2.05, 4.69) is 0 Å². The second-order valence-electron chi connectivity index (χ2n) is 11.0. The van der Waals surface area contributed by atoms with E-state index in [1.807, 2.05) is 0 Å². The van der Waals surface area contributed by atoms with Gasteiger partial charge in [0, 0.05) is 72.9 Å². The second kappa shape index (κ2) is 10.9. The molecule has 4 nitrogen and oxygen atoms in total. The largest absolute Gasteiger partial charge is 0.339 e. The number of alkyl halides is 4. The third kappa shape index (κ3) is 6.22. The predicted molar refractivity (Wildman–Crippen MR) is 143 cm³/mol. The second-order valence-corrected chi connectivity index (χ2v) is 11.8. The molecule has 2 aromatic carbocycles. The van der Waals surface area contributed by atoms with Crippen LogP contribution < -0.4 is 0 Å². The van der Waals surface area contributed by atoms with Gasteiger partial charge in [0.2, 0.25) is 11.8 Å². The Morgan fingerprint density at radius 3 is 1.97 bits per heavy atom. The summed E-state index contributed by atoms with van der Waals surface area (Å²) < 4.78 is 54.0. The molecule has 0 spiro atoms. The minimum absolute atomic E-state index is 0.0259. The number of carbonyl (C=O) groups is 2. The monoisotopic (exact) mass is 584 g/mol. The van der Waals surface area contributed by atoms with Crippen LogP contribution in [0.15, 0.2) is 36.4 Å². The number of rotatable bonds is 5. The molecule has 2 aromatic rings. The van der Waals surface area contributed by atoms with Crippen LogP contribution in [0.4, 0.5) is 17.6 Å². The first-order valence-electron chi connectivity index (χ1n) is 13.4. The normalized spacial score (nSPS) is 23.3. The maximum atomic E-state index is 13.6. The third-order valence-corrected chi connectivity index (χ3v) is 8.99. The fourth-order valence-electron chi connectivity index (χ4n) is 5.89. The highest BCUT2D eigenvalue weighted by Gasteiger charge is 2.42. The van der Waals surface area contributed by atoms with Crippen molar-refractivity contribution in [2.24, 2.45) is 5.92 Å². The molecule has 2 heterocycles. The first-order valence-corrected chi connectivity index (χ1v) is 14.1. The summed E-state index contributed by atoms with van der Waals surface area (Å²) in [5, 5.41) is 0.853. The van der Waals surface area contributed by atoms with Crippen LogP contribution in [0.2, 0.25) is 10.0 Å². The molecule has 3 fully saturated rings. The molecule has 1 saturated carbocycles. The molecule has 39 heavy (non-hydrogen) atoms. The van der Waals surface area contributed by atoms with Gasteiger partial charge < -0.3 is 9.80 Å². The van der Waals surface area contributed by atoms with Crippen molar-refractivity contribution in [1.82, 2.24) is 9.80 Å². The molecule has 0 unspecified atom stereocenters. The predicted octanol–water partition coefficient (Wildman–Crippen LogP) is 7.50. The van der Waals surface area contributed by atoms with E-state index in [4.69, 9.17) is 23.2 Å². The lowest BCUT2D eigenvalue weighted by Crippen LogP contribution is -2.42. The Morgan fingerprint density at radius 1 is 0.821 bits per heavy atom. The first-order chi connectivity index (χ1) is 18.4. The Bertz CT molecular complexity index is 1210. The van der Waals surface area contributed by atoms with Gasteiger partial charge >= 0.3 is 0 Å². The summed E-state index contributed by atoms with van der Waals surface area (Å²) in [5.74, 6) is -5.95. The van der Waals surface area contributed by atoms with E-state index in [0.717, 1.165) is 11.1 Å². The van der Waals surface area contributed by atoms with Gasteiger partial charge in [0.1, 0.15) is 0 Å². The molecule has 0 aromatic heterocycles. The number of nitrogens with zero attached hydrogens (tertiary/aromatic N) is 2. The number of halogens is 6. The summed E-state index contributed by atoms with van der Waals surface area (Å²) in [7, 11) is 0. The van der Waals surface area contributed by atoms with Crippen LogP contribution in [0.3, 0.4) is 0 Å². The van der Waals surface area contributed by atoms with Crippen molar-refractivity contribution in [3.05, 3.63) is 57.6 Å². The number of amides is 2. The molecule has 3 aliphatic rings. The van der Waals surface area contributed by atoms with Crippen LogP contribution in [0.5, 0.6) is 0 Å².